The molecule has 1 saturated carbocycles. The number of carbonyl (C=O) groups is 1. The molecule has 2 rings (SSSR count). The number of carbonyl (C=O) groups excluding carboxylic acids is 1. The second-order valence-corrected chi connectivity index (χ2v) is 5.00. The lowest BCUT2D eigenvalue weighted by Crippen LogP contribution is -2.55. The molecular weight excluding hydrogens is 204 g/mol. The van der Waals surface area contributed by atoms with E-state index >= 15 is 0 Å². The molecule has 4 nitrogen and oxygen atoms in total. The molecule has 4 heteroatoms. The first-order valence-corrected chi connectivity index (χ1v) is 6.23. The van der Waals surface area contributed by atoms with Gasteiger partial charge in [0, 0.05) is 26.2 Å². The fraction of sp³-hybridized carbons (Fsp3) is 0.917. The Hall–Kier alpha value is -0.610. The molecule has 0 spiro atoms. The summed E-state index contributed by atoms with van der Waals surface area (Å²) in [7, 11) is 3.64. The van der Waals surface area contributed by atoms with Gasteiger partial charge in [-0.2, -0.15) is 0 Å². The van der Waals surface area contributed by atoms with Crippen LogP contribution < -0.4 is 0 Å². The van der Waals surface area contributed by atoms with Gasteiger partial charge in [-0.25, -0.2) is 0 Å². The lowest BCUT2D eigenvalue weighted by Gasteiger charge is -2.42. The Bertz CT molecular complexity index is 245. The van der Waals surface area contributed by atoms with Gasteiger partial charge in [-0.1, -0.05) is 6.42 Å². The summed E-state index contributed by atoms with van der Waals surface area (Å²) >= 11 is 0. The van der Waals surface area contributed by atoms with Gasteiger partial charge in [-0.3, -0.25) is 9.69 Å². The minimum atomic E-state index is -0.0331. The fourth-order valence-corrected chi connectivity index (χ4v) is 2.62. The molecule has 2 fully saturated rings. The van der Waals surface area contributed by atoms with Crippen molar-refractivity contribution >= 4 is 5.97 Å². The summed E-state index contributed by atoms with van der Waals surface area (Å²) in [6.45, 7) is 4.10. The summed E-state index contributed by atoms with van der Waals surface area (Å²) in [6.07, 6.45) is 3.64. The van der Waals surface area contributed by atoms with Crippen LogP contribution in [0.15, 0.2) is 0 Å². The first-order valence-electron chi connectivity index (χ1n) is 6.23. The van der Waals surface area contributed by atoms with Crippen molar-refractivity contribution in [1.29, 1.82) is 0 Å². The van der Waals surface area contributed by atoms with E-state index in [0.717, 1.165) is 26.2 Å². The van der Waals surface area contributed by atoms with Crippen molar-refractivity contribution in [3.8, 4) is 0 Å². The van der Waals surface area contributed by atoms with Crippen molar-refractivity contribution in [3.63, 3.8) is 0 Å². The average Bonchev–Trinajstić information content (AvgIpc) is 2.24. The van der Waals surface area contributed by atoms with E-state index in [1.54, 1.807) is 0 Å². The predicted molar refractivity (Wildman–Crippen MR) is 62.2 cm³/mol. The number of hydrogen-bond donors (Lipinski definition) is 0. The normalized spacial score (nSPS) is 26.1. The van der Waals surface area contributed by atoms with Gasteiger partial charge in [0.05, 0.1) is 7.11 Å². The number of esters is 1. The summed E-state index contributed by atoms with van der Waals surface area (Å²) in [5.41, 5.74) is 0. The van der Waals surface area contributed by atoms with Crippen molar-refractivity contribution in [1.82, 2.24) is 9.80 Å². The van der Waals surface area contributed by atoms with E-state index in [1.165, 1.54) is 26.4 Å². The van der Waals surface area contributed by atoms with E-state index in [2.05, 4.69) is 16.8 Å². The van der Waals surface area contributed by atoms with Crippen LogP contribution in [-0.4, -0.2) is 62.1 Å². The van der Waals surface area contributed by atoms with Gasteiger partial charge in [0.1, 0.15) is 6.04 Å². The van der Waals surface area contributed by atoms with Crippen molar-refractivity contribution < 1.29 is 9.53 Å². The van der Waals surface area contributed by atoms with Crippen LogP contribution in [0.5, 0.6) is 0 Å². The lowest BCUT2D eigenvalue weighted by molar-refractivity contribution is -0.151. The molecular formula is C12H22N2O2. The first-order chi connectivity index (χ1) is 7.72. The first kappa shape index (κ1) is 11.9. The smallest absolute Gasteiger partial charge is 0.323 e. The third-order valence-corrected chi connectivity index (χ3v) is 3.97. The molecule has 0 bridgehead atoms. The molecule has 1 aliphatic carbocycles. The maximum absolute atomic E-state index is 11.8. The zero-order chi connectivity index (χ0) is 11.5. The highest BCUT2D eigenvalue weighted by Gasteiger charge is 2.38. The van der Waals surface area contributed by atoms with Gasteiger partial charge in [-0.05, 0) is 25.8 Å². The van der Waals surface area contributed by atoms with Gasteiger partial charge in [0.15, 0.2) is 0 Å². The maximum atomic E-state index is 11.8. The van der Waals surface area contributed by atoms with Crippen LogP contribution in [0.4, 0.5) is 0 Å². The lowest BCUT2D eigenvalue weighted by atomic mass is 9.79. The minimum Gasteiger partial charge on any atom is -0.468 e. The van der Waals surface area contributed by atoms with Crippen molar-refractivity contribution in [2.24, 2.45) is 5.92 Å². The molecule has 0 aromatic carbocycles. The molecule has 16 heavy (non-hydrogen) atoms. The van der Waals surface area contributed by atoms with Crippen molar-refractivity contribution in [2.75, 3.05) is 40.3 Å². The van der Waals surface area contributed by atoms with E-state index in [-0.39, 0.29) is 12.0 Å². The molecule has 92 valence electrons. The molecule has 0 aromatic heterocycles. The van der Waals surface area contributed by atoms with Gasteiger partial charge >= 0.3 is 5.97 Å². The number of ether oxygens (including phenoxy) is 1. The SMILES string of the molecule is COC(=O)C(C1CCC1)N1CCN(C)CC1. The van der Waals surface area contributed by atoms with Crippen LogP contribution in [0.1, 0.15) is 19.3 Å². The molecule has 0 amide bonds. The third-order valence-electron chi connectivity index (χ3n) is 3.97. The van der Waals surface area contributed by atoms with Crippen molar-refractivity contribution in [3.05, 3.63) is 0 Å². The summed E-state index contributed by atoms with van der Waals surface area (Å²) in [5.74, 6) is 0.505. The maximum Gasteiger partial charge on any atom is 0.323 e. The quantitative estimate of drug-likeness (QED) is 0.659. The second kappa shape index (κ2) is 5.15. The number of rotatable bonds is 3. The number of likely N-dealkylation sites (N-methyl/N-ethyl adjacent to an activating group) is 1. The van der Waals surface area contributed by atoms with Gasteiger partial charge < -0.3 is 9.64 Å². The van der Waals surface area contributed by atoms with Gasteiger partial charge in [0.2, 0.25) is 0 Å². The van der Waals surface area contributed by atoms with Crippen LogP contribution in [-0.2, 0) is 9.53 Å². The van der Waals surface area contributed by atoms with E-state index in [0.29, 0.717) is 5.92 Å². The molecule has 2 aliphatic rings. The fourth-order valence-electron chi connectivity index (χ4n) is 2.62. The molecule has 0 aromatic rings. The highest BCUT2D eigenvalue weighted by atomic mass is 16.5. The molecule has 1 heterocycles. The predicted octanol–water partition coefficient (Wildman–Crippen LogP) is 0.575. The second-order valence-electron chi connectivity index (χ2n) is 5.00. The molecule has 1 aliphatic heterocycles. The Kier molecular flexibility index (Phi) is 3.82. The number of nitrogens with zero attached hydrogens (tertiary/aromatic N) is 2. The molecule has 1 unspecified atom stereocenters. The third kappa shape index (κ3) is 2.38. The summed E-state index contributed by atoms with van der Waals surface area (Å²) in [5, 5.41) is 0. The topological polar surface area (TPSA) is 32.8 Å². The van der Waals surface area contributed by atoms with Gasteiger partial charge in [-0.15, -0.1) is 0 Å². The Morgan fingerprint density at radius 3 is 2.31 bits per heavy atom. The Labute approximate surface area is 97.5 Å². The van der Waals surface area contributed by atoms with Crippen LogP contribution in [0.25, 0.3) is 0 Å². The number of piperazine rings is 1. The van der Waals surface area contributed by atoms with Gasteiger partial charge in [0.25, 0.3) is 0 Å². The average molecular weight is 226 g/mol. The van der Waals surface area contributed by atoms with E-state index < -0.39 is 0 Å². The highest BCUT2D eigenvalue weighted by molar-refractivity contribution is 5.76. The zero-order valence-electron chi connectivity index (χ0n) is 10.3. The molecule has 0 N–H and O–H groups in total. The molecule has 1 atom stereocenters. The van der Waals surface area contributed by atoms with E-state index in [1.807, 2.05) is 0 Å². The van der Waals surface area contributed by atoms with Crippen LogP contribution >= 0.6 is 0 Å². The largest absolute Gasteiger partial charge is 0.468 e. The summed E-state index contributed by atoms with van der Waals surface area (Å²) < 4.78 is 4.96. The van der Waals surface area contributed by atoms with E-state index in [4.69, 9.17) is 4.74 Å². The molecule has 0 radical (unpaired) electrons. The molecule has 1 saturated heterocycles. The van der Waals surface area contributed by atoms with E-state index in [9.17, 15) is 4.79 Å². The van der Waals surface area contributed by atoms with Crippen LogP contribution in [0.2, 0.25) is 0 Å². The number of hydrogen-bond acceptors (Lipinski definition) is 4. The monoisotopic (exact) mass is 226 g/mol. The minimum absolute atomic E-state index is 0.0208. The Balaban J connectivity index is 1.97. The van der Waals surface area contributed by atoms with Crippen molar-refractivity contribution in [2.45, 2.75) is 25.3 Å². The highest BCUT2D eigenvalue weighted by Crippen LogP contribution is 2.33. The zero-order valence-corrected chi connectivity index (χ0v) is 10.3. The number of methoxy groups -OCH3 is 1. The standard InChI is InChI=1S/C12H22N2O2/c1-13-6-8-14(9-7-13)11(12(15)16-2)10-4-3-5-10/h10-11H,3-9H2,1-2H3. The summed E-state index contributed by atoms with van der Waals surface area (Å²) in [6, 6.07) is 0.0208. The summed E-state index contributed by atoms with van der Waals surface area (Å²) in [4.78, 5) is 16.5. The van der Waals surface area contributed by atoms with Crippen LogP contribution in [0, 0.1) is 5.92 Å². The van der Waals surface area contributed by atoms with Crippen LogP contribution in [0.3, 0.4) is 0 Å². The Morgan fingerprint density at radius 1 is 1.25 bits per heavy atom. The Morgan fingerprint density at radius 2 is 1.88 bits per heavy atom.